The topological polar surface area (TPSA) is 125 Å². The third-order valence-electron chi connectivity index (χ3n) is 7.89. The average molecular weight is 605 g/mol. The lowest BCUT2D eigenvalue weighted by Crippen LogP contribution is -2.51. The standard InChI is InChI=1S/C33H44N6O5/c1-33(2,3)44-29(40)21-34-30(41)25-11-9-24(10-12-25)26-19-35-32(36-20-26)37-27-7-4-6-23(18-27)22-38-13-15-39(16-14-38)31(42)28-8-5-17-43-28/h4,6-7,9-12,18-19,26,28,32,36-37H,5,8,13-17,20-22H2,1-3H3,(H,34,41). The molecule has 5 rings (SSSR count). The molecule has 2 aromatic carbocycles. The van der Waals surface area contributed by atoms with Crippen molar-refractivity contribution < 1.29 is 23.9 Å². The first kappa shape index (κ1) is 31.6. The second-order valence-electron chi connectivity index (χ2n) is 12.6. The van der Waals surface area contributed by atoms with E-state index in [1.165, 1.54) is 5.56 Å². The third kappa shape index (κ3) is 8.87. The summed E-state index contributed by atoms with van der Waals surface area (Å²) < 4.78 is 10.8. The maximum atomic E-state index is 12.6. The number of anilines is 1. The maximum Gasteiger partial charge on any atom is 0.325 e. The van der Waals surface area contributed by atoms with E-state index in [-0.39, 0.29) is 36.7 Å². The Morgan fingerprint density at radius 1 is 1.07 bits per heavy atom. The van der Waals surface area contributed by atoms with Crippen molar-refractivity contribution in [3.8, 4) is 0 Å². The largest absolute Gasteiger partial charge is 0.459 e. The predicted octanol–water partition coefficient (Wildman–Crippen LogP) is 2.73. The van der Waals surface area contributed by atoms with E-state index in [1.807, 2.05) is 29.3 Å². The number of esters is 1. The van der Waals surface area contributed by atoms with Crippen LogP contribution in [0.4, 0.5) is 5.69 Å². The van der Waals surface area contributed by atoms with Gasteiger partial charge in [-0.2, -0.15) is 0 Å². The highest BCUT2D eigenvalue weighted by Crippen LogP contribution is 2.20. The van der Waals surface area contributed by atoms with Crippen LogP contribution in [-0.2, 0) is 25.6 Å². The average Bonchev–Trinajstić information content (AvgIpc) is 3.55. The van der Waals surface area contributed by atoms with Crippen LogP contribution in [0, 0.1) is 0 Å². The number of amides is 2. The molecule has 11 nitrogen and oxygen atoms in total. The Hall–Kier alpha value is -3.80. The van der Waals surface area contributed by atoms with Gasteiger partial charge in [0.25, 0.3) is 11.8 Å². The zero-order chi connectivity index (χ0) is 31.1. The summed E-state index contributed by atoms with van der Waals surface area (Å²) in [5.74, 6) is -0.576. The van der Waals surface area contributed by atoms with Crippen LogP contribution in [0.2, 0.25) is 0 Å². The van der Waals surface area contributed by atoms with E-state index in [0.29, 0.717) is 18.7 Å². The molecule has 3 atom stereocenters. The Morgan fingerprint density at radius 2 is 1.84 bits per heavy atom. The number of carbonyl (C=O) groups excluding carboxylic acids is 3. The molecule has 2 saturated heterocycles. The van der Waals surface area contributed by atoms with Crippen molar-refractivity contribution in [2.45, 2.75) is 64.1 Å². The lowest BCUT2D eigenvalue weighted by atomic mass is 9.98. The second-order valence-corrected chi connectivity index (χ2v) is 12.6. The summed E-state index contributed by atoms with van der Waals surface area (Å²) in [5.41, 5.74) is 3.13. The van der Waals surface area contributed by atoms with Gasteiger partial charge in [-0.05, 0) is 69.0 Å². The number of hydrogen-bond acceptors (Lipinski definition) is 9. The molecule has 11 heteroatoms. The number of aliphatic imine (C=N–C) groups is 1. The van der Waals surface area contributed by atoms with E-state index >= 15 is 0 Å². The molecule has 0 aliphatic carbocycles. The van der Waals surface area contributed by atoms with Gasteiger partial charge >= 0.3 is 5.97 Å². The van der Waals surface area contributed by atoms with Crippen molar-refractivity contribution in [3.05, 3.63) is 65.2 Å². The molecule has 0 bridgehead atoms. The normalized spacial score (nSPS) is 22.4. The SMILES string of the molecule is CC(C)(C)OC(=O)CNC(=O)c1ccc(C2C=NC(Nc3cccc(CN4CCN(C(=O)C5CCCO5)CC4)c3)NC2)cc1. The van der Waals surface area contributed by atoms with Crippen LogP contribution in [-0.4, -0.2) is 97.7 Å². The summed E-state index contributed by atoms with van der Waals surface area (Å²) in [6.07, 6.45) is 3.26. The van der Waals surface area contributed by atoms with E-state index in [0.717, 1.165) is 56.8 Å². The van der Waals surface area contributed by atoms with Gasteiger partial charge in [0.2, 0.25) is 0 Å². The Balaban J connectivity index is 1.06. The molecule has 3 aliphatic rings. The number of carbonyl (C=O) groups is 3. The maximum absolute atomic E-state index is 12.6. The van der Waals surface area contributed by atoms with Gasteiger partial charge in [0.1, 0.15) is 18.2 Å². The van der Waals surface area contributed by atoms with Crippen LogP contribution < -0.4 is 16.0 Å². The lowest BCUT2D eigenvalue weighted by Gasteiger charge is -2.35. The van der Waals surface area contributed by atoms with Crippen LogP contribution in [0.3, 0.4) is 0 Å². The molecule has 3 N–H and O–H groups in total. The number of rotatable bonds is 9. The highest BCUT2D eigenvalue weighted by molar-refractivity contribution is 5.96. The molecule has 236 valence electrons. The molecule has 2 fully saturated rings. The van der Waals surface area contributed by atoms with Crippen LogP contribution in [0.5, 0.6) is 0 Å². The van der Waals surface area contributed by atoms with Gasteiger partial charge in [0, 0.05) is 69.3 Å². The first-order chi connectivity index (χ1) is 21.1. The van der Waals surface area contributed by atoms with Crippen LogP contribution in [0.1, 0.15) is 61.0 Å². The number of nitrogens with zero attached hydrogens (tertiary/aromatic N) is 3. The minimum absolute atomic E-state index is 0.0732. The van der Waals surface area contributed by atoms with Crippen molar-refractivity contribution in [3.63, 3.8) is 0 Å². The fourth-order valence-corrected chi connectivity index (χ4v) is 5.62. The van der Waals surface area contributed by atoms with Gasteiger partial charge < -0.3 is 25.0 Å². The minimum atomic E-state index is -0.594. The molecule has 2 aromatic rings. The van der Waals surface area contributed by atoms with E-state index in [2.05, 4.69) is 44.0 Å². The van der Waals surface area contributed by atoms with E-state index in [4.69, 9.17) is 9.47 Å². The Kier molecular flexibility index (Phi) is 10.3. The second kappa shape index (κ2) is 14.3. The number of nitrogens with one attached hydrogen (secondary N) is 3. The van der Waals surface area contributed by atoms with Crippen molar-refractivity contribution in [2.24, 2.45) is 4.99 Å². The highest BCUT2D eigenvalue weighted by atomic mass is 16.6. The summed E-state index contributed by atoms with van der Waals surface area (Å²) in [7, 11) is 0. The van der Waals surface area contributed by atoms with Gasteiger partial charge in [-0.3, -0.25) is 29.6 Å². The molecule has 2 amide bonds. The summed E-state index contributed by atoms with van der Waals surface area (Å²) in [5, 5.41) is 9.52. The summed E-state index contributed by atoms with van der Waals surface area (Å²) in [6.45, 7) is 10.6. The zero-order valence-electron chi connectivity index (χ0n) is 25.9. The fourth-order valence-electron chi connectivity index (χ4n) is 5.62. The van der Waals surface area contributed by atoms with Crippen LogP contribution in [0.15, 0.2) is 53.5 Å². The fraction of sp³-hybridized carbons (Fsp3) is 0.515. The lowest BCUT2D eigenvalue weighted by molar-refractivity contribution is -0.153. The van der Waals surface area contributed by atoms with Gasteiger partial charge in [-0.15, -0.1) is 0 Å². The summed E-state index contributed by atoms with van der Waals surface area (Å²) >= 11 is 0. The molecule has 44 heavy (non-hydrogen) atoms. The molecule has 0 aromatic heterocycles. The van der Waals surface area contributed by atoms with Crippen molar-refractivity contribution in [2.75, 3.05) is 51.2 Å². The van der Waals surface area contributed by atoms with Crippen molar-refractivity contribution in [1.82, 2.24) is 20.4 Å². The monoisotopic (exact) mass is 604 g/mol. The van der Waals surface area contributed by atoms with Gasteiger partial charge in [-0.1, -0.05) is 24.3 Å². The first-order valence-electron chi connectivity index (χ1n) is 15.5. The third-order valence-corrected chi connectivity index (χ3v) is 7.89. The van der Waals surface area contributed by atoms with Gasteiger partial charge in [-0.25, -0.2) is 0 Å². The molecule has 0 saturated carbocycles. The van der Waals surface area contributed by atoms with Crippen molar-refractivity contribution in [1.29, 1.82) is 0 Å². The number of piperazine rings is 1. The summed E-state index contributed by atoms with van der Waals surface area (Å²) in [4.78, 5) is 46.0. The molecule has 3 heterocycles. The molecular formula is C33H44N6O5. The first-order valence-corrected chi connectivity index (χ1v) is 15.5. The number of ether oxygens (including phenoxy) is 2. The molecular weight excluding hydrogens is 560 g/mol. The highest BCUT2D eigenvalue weighted by Gasteiger charge is 2.30. The van der Waals surface area contributed by atoms with E-state index in [9.17, 15) is 14.4 Å². The Bertz CT molecular complexity index is 1330. The molecule has 3 unspecified atom stereocenters. The van der Waals surface area contributed by atoms with Gasteiger partial charge in [0.05, 0.1) is 0 Å². The predicted molar refractivity (Wildman–Crippen MR) is 169 cm³/mol. The van der Waals surface area contributed by atoms with E-state index in [1.54, 1.807) is 32.9 Å². The zero-order valence-corrected chi connectivity index (χ0v) is 25.9. The smallest absolute Gasteiger partial charge is 0.325 e. The minimum Gasteiger partial charge on any atom is -0.459 e. The molecule has 3 aliphatic heterocycles. The Morgan fingerprint density at radius 3 is 2.50 bits per heavy atom. The molecule has 0 spiro atoms. The Labute approximate surface area is 259 Å². The van der Waals surface area contributed by atoms with Crippen molar-refractivity contribution >= 4 is 29.7 Å². The summed E-state index contributed by atoms with van der Waals surface area (Å²) in [6, 6.07) is 15.7. The number of benzene rings is 2. The van der Waals surface area contributed by atoms with E-state index < -0.39 is 11.6 Å². The quantitative estimate of drug-likeness (QED) is 0.374. The number of hydrogen-bond donors (Lipinski definition) is 3. The van der Waals surface area contributed by atoms with Crippen LogP contribution in [0.25, 0.3) is 0 Å². The molecule has 0 radical (unpaired) electrons. The van der Waals surface area contributed by atoms with Gasteiger partial charge in [0.15, 0.2) is 6.29 Å². The van der Waals surface area contributed by atoms with Crippen LogP contribution >= 0.6 is 0 Å².